The number of nitrogens with zero attached hydrogens (tertiary/aromatic N) is 4. The van der Waals surface area contributed by atoms with Crippen molar-refractivity contribution in [3.8, 4) is 17.5 Å². The molecule has 0 bridgehead atoms. The number of rotatable bonds is 6. The molecule has 2 aromatic rings. The van der Waals surface area contributed by atoms with Crippen molar-refractivity contribution < 1.29 is 18.8 Å². The third-order valence-corrected chi connectivity index (χ3v) is 3.21. The van der Waals surface area contributed by atoms with E-state index < -0.39 is 5.97 Å². The first-order valence-electron chi connectivity index (χ1n) is 7.20. The second-order valence-corrected chi connectivity index (χ2v) is 5.02. The van der Waals surface area contributed by atoms with E-state index in [0.29, 0.717) is 29.4 Å². The van der Waals surface area contributed by atoms with Gasteiger partial charge in [0.2, 0.25) is 0 Å². The fraction of sp³-hybridized carbons (Fsp3) is 0.312. The van der Waals surface area contributed by atoms with Crippen LogP contribution in [-0.2, 0) is 9.53 Å². The number of benzene rings is 1. The molecule has 1 heterocycles. The molecule has 0 aliphatic carbocycles. The second kappa shape index (κ2) is 7.87. The Labute approximate surface area is 138 Å². The van der Waals surface area contributed by atoms with Gasteiger partial charge in [0.1, 0.15) is 0 Å². The van der Waals surface area contributed by atoms with Crippen LogP contribution in [0.3, 0.4) is 0 Å². The Bertz CT molecular complexity index is 761. The highest BCUT2D eigenvalue weighted by atomic mass is 16.5. The van der Waals surface area contributed by atoms with Crippen molar-refractivity contribution in [2.24, 2.45) is 0 Å². The Kier molecular flexibility index (Phi) is 5.63. The summed E-state index contributed by atoms with van der Waals surface area (Å²) in [4.78, 5) is 29.1. The first-order chi connectivity index (χ1) is 11.5. The quantitative estimate of drug-likeness (QED) is 0.740. The van der Waals surface area contributed by atoms with Gasteiger partial charge in [-0.05, 0) is 31.2 Å². The van der Waals surface area contributed by atoms with E-state index in [2.05, 4.69) is 10.1 Å². The molecule has 1 aromatic carbocycles. The average molecular weight is 328 g/mol. The number of ether oxygens (including phenoxy) is 1. The van der Waals surface area contributed by atoms with E-state index in [9.17, 15) is 9.59 Å². The molecule has 0 aliphatic rings. The molecule has 0 saturated heterocycles. The molecule has 0 aliphatic heterocycles. The Morgan fingerprint density at radius 2 is 2.04 bits per heavy atom. The third-order valence-electron chi connectivity index (χ3n) is 3.21. The summed E-state index contributed by atoms with van der Waals surface area (Å²) in [5, 5.41) is 12.2. The lowest BCUT2D eigenvalue weighted by molar-refractivity contribution is -0.133. The topological polar surface area (TPSA) is 109 Å². The lowest BCUT2D eigenvalue weighted by Gasteiger charge is -2.15. The molecule has 0 radical (unpaired) electrons. The lowest BCUT2D eigenvalue weighted by atomic mass is 10.1. The zero-order valence-corrected chi connectivity index (χ0v) is 13.4. The minimum atomic E-state index is -0.606. The molecule has 1 aromatic heterocycles. The van der Waals surface area contributed by atoms with Crippen LogP contribution in [0, 0.1) is 18.3 Å². The maximum Gasteiger partial charge on any atom is 0.338 e. The maximum atomic E-state index is 11.9. The van der Waals surface area contributed by atoms with E-state index in [0.717, 1.165) is 0 Å². The van der Waals surface area contributed by atoms with Gasteiger partial charge in [0.25, 0.3) is 11.8 Å². The van der Waals surface area contributed by atoms with E-state index in [1.165, 1.54) is 4.90 Å². The summed E-state index contributed by atoms with van der Waals surface area (Å²) in [6.07, 6.45) is 0.229. The number of likely N-dealkylation sites (N-methyl/N-ethyl adjacent to an activating group) is 1. The summed E-state index contributed by atoms with van der Waals surface area (Å²) >= 11 is 0. The molecule has 8 heteroatoms. The highest BCUT2D eigenvalue weighted by Gasteiger charge is 2.14. The summed E-state index contributed by atoms with van der Waals surface area (Å²) in [6, 6.07) is 8.37. The Morgan fingerprint density at radius 1 is 1.33 bits per heavy atom. The van der Waals surface area contributed by atoms with E-state index in [-0.39, 0.29) is 18.9 Å². The normalized spacial score (nSPS) is 10.0. The molecule has 8 nitrogen and oxygen atoms in total. The standard InChI is InChI=1S/C16H16N4O4/c1-11-18-15(24-19-11)12-4-6-13(7-5-12)16(22)23-10-14(21)20(2)9-3-8-17/h4-7H,3,9-10H2,1-2H3. The highest BCUT2D eigenvalue weighted by molar-refractivity contribution is 5.91. The van der Waals surface area contributed by atoms with Crippen LogP contribution in [0.25, 0.3) is 11.5 Å². The molecule has 0 saturated carbocycles. The minimum absolute atomic E-state index is 0.229. The number of hydrogen-bond donors (Lipinski definition) is 0. The van der Waals surface area contributed by atoms with Gasteiger partial charge >= 0.3 is 5.97 Å². The van der Waals surface area contributed by atoms with Crippen LogP contribution in [0.4, 0.5) is 0 Å². The number of carbonyl (C=O) groups is 2. The first-order valence-corrected chi connectivity index (χ1v) is 7.20. The Balaban J connectivity index is 1.91. The molecular weight excluding hydrogens is 312 g/mol. The predicted molar refractivity (Wildman–Crippen MR) is 82.6 cm³/mol. The summed E-state index contributed by atoms with van der Waals surface area (Å²) in [5.74, 6) is -0.0870. The SMILES string of the molecule is Cc1noc(-c2ccc(C(=O)OCC(=O)N(C)CCC#N)cc2)n1. The zero-order valence-electron chi connectivity index (χ0n) is 13.4. The number of aryl methyl sites for hydroxylation is 1. The van der Waals surface area contributed by atoms with E-state index in [1.54, 1.807) is 38.2 Å². The van der Waals surface area contributed by atoms with Crippen molar-refractivity contribution in [2.75, 3.05) is 20.2 Å². The molecule has 2 rings (SSSR count). The van der Waals surface area contributed by atoms with Crippen molar-refractivity contribution >= 4 is 11.9 Å². The van der Waals surface area contributed by atoms with Gasteiger partial charge in [-0.1, -0.05) is 5.16 Å². The third kappa shape index (κ3) is 4.39. The van der Waals surface area contributed by atoms with Crippen molar-refractivity contribution in [1.82, 2.24) is 15.0 Å². The van der Waals surface area contributed by atoms with Crippen LogP contribution in [-0.4, -0.2) is 47.1 Å². The molecule has 0 unspecified atom stereocenters. The number of hydrogen-bond acceptors (Lipinski definition) is 7. The number of aromatic nitrogens is 2. The van der Waals surface area contributed by atoms with Crippen molar-refractivity contribution in [2.45, 2.75) is 13.3 Å². The minimum Gasteiger partial charge on any atom is -0.452 e. The molecule has 24 heavy (non-hydrogen) atoms. The molecular formula is C16H16N4O4. The van der Waals surface area contributed by atoms with Gasteiger partial charge in [0, 0.05) is 19.2 Å². The van der Waals surface area contributed by atoms with Crippen LogP contribution >= 0.6 is 0 Å². The summed E-state index contributed by atoms with van der Waals surface area (Å²) in [5.41, 5.74) is 0.988. The average Bonchev–Trinajstić information content (AvgIpc) is 3.03. The van der Waals surface area contributed by atoms with Crippen LogP contribution in [0.5, 0.6) is 0 Å². The van der Waals surface area contributed by atoms with Crippen molar-refractivity contribution in [3.63, 3.8) is 0 Å². The van der Waals surface area contributed by atoms with Crippen molar-refractivity contribution in [1.29, 1.82) is 5.26 Å². The molecule has 1 amide bonds. The zero-order chi connectivity index (χ0) is 17.5. The van der Waals surface area contributed by atoms with Crippen LogP contribution in [0.15, 0.2) is 28.8 Å². The maximum absolute atomic E-state index is 11.9. The lowest BCUT2D eigenvalue weighted by Crippen LogP contribution is -2.31. The van der Waals surface area contributed by atoms with Crippen LogP contribution in [0.2, 0.25) is 0 Å². The second-order valence-electron chi connectivity index (χ2n) is 5.02. The van der Waals surface area contributed by atoms with Gasteiger partial charge in [-0.2, -0.15) is 10.2 Å². The van der Waals surface area contributed by atoms with Gasteiger partial charge in [-0.15, -0.1) is 0 Å². The van der Waals surface area contributed by atoms with Crippen molar-refractivity contribution in [3.05, 3.63) is 35.7 Å². The molecule has 0 atom stereocenters. The number of carbonyl (C=O) groups excluding carboxylic acids is 2. The predicted octanol–water partition coefficient (Wildman–Crippen LogP) is 1.57. The van der Waals surface area contributed by atoms with E-state index >= 15 is 0 Å². The number of amides is 1. The number of esters is 1. The highest BCUT2D eigenvalue weighted by Crippen LogP contribution is 2.17. The summed E-state index contributed by atoms with van der Waals surface area (Å²) in [6.45, 7) is 1.64. The Morgan fingerprint density at radius 3 is 2.62 bits per heavy atom. The van der Waals surface area contributed by atoms with Gasteiger partial charge in [-0.25, -0.2) is 4.79 Å². The molecule has 0 fully saturated rings. The van der Waals surface area contributed by atoms with E-state index in [4.69, 9.17) is 14.5 Å². The van der Waals surface area contributed by atoms with Gasteiger partial charge in [0.05, 0.1) is 18.1 Å². The molecule has 124 valence electrons. The smallest absolute Gasteiger partial charge is 0.338 e. The van der Waals surface area contributed by atoms with E-state index in [1.807, 2.05) is 6.07 Å². The van der Waals surface area contributed by atoms with Gasteiger partial charge in [0.15, 0.2) is 12.4 Å². The number of nitriles is 1. The van der Waals surface area contributed by atoms with Gasteiger partial charge in [-0.3, -0.25) is 4.79 Å². The first kappa shape index (κ1) is 17.1. The largest absolute Gasteiger partial charge is 0.452 e. The monoisotopic (exact) mass is 328 g/mol. The summed E-state index contributed by atoms with van der Waals surface area (Å²) < 4.78 is 10.0. The van der Waals surface area contributed by atoms with Gasteiger partial charge < -0.3 is 14.2 Å². The fourth-order valence-corrected chi connectivity index (χ4v) is 1.83. The van der Waals surface area contributed by atoms with Crippen LogP contribution < -0.4 is 0 Å². The Hall–Kier alpha value is -3.21. The molecule has 0 spiro atoms. The fourth-order valence-electron chi connectivity index (χ4n) is 1.83. The molecule has 0 N–H and O–H groups in total. The van der Waals surface area contributed by atoms with Crippen LogP contribution in [0.1, 0.15) is 22.6 Å². The summed E-state index contributed by atoms with van der Waals surface area (Å²) in [7, 11) is 1.55.